The van der Waals surface area contributed by atoms with E-state index in [1.54, 1.807) is 0 Å². The molecular formula is C20H19BrClN3O5S. The van der Waals surface area contributed by atoms with Crippen LogP contribution in [0.25, 0.3) is 0 Å². The fraction of sp³-hybridized carbons (Fsp3) is 0.300. The van der Waals surface area contributed by atoms with E-state index in [0.29, 0.717) is 5.02 Å². The number of likely N-dealkylation sites (N-methyl/N-ethyl adjacent to an activating group) is 1. The summed E-state index contributed by atoms with van der Waals surface area (Å²) in [5, 5.41) is 1.96. The number of fused-ring (bicyclic) bond motifs is 1. The van der Waals surface area contributed by atoms with Gasteiger partial charge in [0.15, 0.2) is 6.10 Å². The summed E-state index contributed by atoms with van der Waals surface area (Å²) in [6, 6.07) is 12.7. The molecule has 8 nitrogen and oxygen atoms in total. The first-order chi connectivity index (χ1) is 14.7. The molecular weight excluding hydrogens is 510 g/mol. The van der Waals surface area contributed by atoms with E-state index in [1.807, 2.05) is 24.3 Å². The van der Waals surface area contributed by atoms with Crippen LogP contribution < -0.4 is 4.72 Å². The normalized spacial score (nSPS) is 24.1. The maximum atomic E-state index is 12.7. The number of benzene rings is 2. The molecule has 31 heavy (non-hydrogen) atoms. The van der Waals surface area contributed by atoms with Gasteiger partial charge in [0.25, 0.3) is 5.91 Å². The summed E-state index contributed by atoms with van der Waals surface area (Å²) in [5.41, 5.74) is 0.799. The van der Waals surface area contributed by atoms with Gasteiger partial charge >= 0.3 is 0 Å². The van der Waals surface area contributed by atoms with Crippen molar-refractivity contribution >= 4 is 49.4 Å². The van der Waals surface area contributed by atoms with Crippen molar-refractivity contribution in [2.75, 3.05) is 20.1 Å². The largest absolute Gasteiger partial charge is 0.284 e. The summed E-state index contributed by atoms with van der Waals surface area (Å²) in [6.07, 6.45) is -0.918. The highest BCUT2D eigenvalue weighted by atomic mass is 79.9. The molecule has 0 radical (unpaired) electrons. The first-order valence-corrected chi connectivity index (χ1v) is 12.1. The predicted molar refractivity (Wildman–Crippen MR) is 116 cm³/mol. The Morgan fingerprint density at radius 2 is 1.71 bits per heavy atom. The third-order valence-corrected chi connectivity index (χ3v) is 7.63. The maximum absolute atomic E-state index is 12.7. The number of halogens is 2. The Kier molecular flexibility index (Phi) is 6.21. The average Bonchev–Trinajstić information content (AvgIpc) is 3.20. The van der Waals surface area contributed by atoms with Crippen LogP contribution in [0.4, 0.5) is 0 Å². The first kappa shape index (κ1) is 22.4. The van der Waals surface area contributed by atoms with Gasteiger partial charge in [-0.2, -0.15) is 5.06 Å². The summed E-state index contributed by atoms with van der Waals surface area (Å²) in [6.45, 7) is 0.167. The molecule has 2 fully saturated rings. The van der Waals surface area contributed by atoms with Crippen molar-refractivity contribution in [3.63, 3.8) is 0 Å². The van der Waals surface area contributed by atoms with E-state index < -0.39 is 34.0 Å². The third kappa shape index (κ3) is 4.28. The standard InChI is InChI=1S/C20H19BrClN3O5S/c1-24-19(26)16-17(12-2-4-13(21)5-3-12)25(30-18(16)20(24)27)11-10-23-31(28,29)15-8-6-14(22)7-9-15/h2-9,16-18,23H,10-11H2,1H3/t16-,17?,18+/m0/s1. The van der Waals surface area contributed by atoms with Crippen LogP contribution in [0, 0.1) is 5.92 Å². The van der Waals surface area contributed by atoms with Crippen molar-refractivity contribution in [1.82, 2.24) is 14.7 Å². The number of sulfonamides is 1. The number of hydroxylamine groups is 2. The van der Waals surface area contributed by atoms with E-state index in [2.05, 4.69) is 20.7 Å². The average molecular weight is 529 g/mol. The topological polar surface area (TPSA) is 96.0 Å². The zero-order valence-electron chi connectivity index (χ0n) is 16.4. The van der Waals surface area contributed by atoms with Crippen molar-refractivity contribution in [2.45, 2.75) is 17.0 Å². The summed E-state index contributed by atoms with van der Waals surface area (Å²) < 4.78 is 28.4. The third-order valence-electron chi connectivity index (χ3n) is 5.37. The van der Waals surface area contributed by atoms with Crippen LogP contribution in [-0.4, -0.2) is 56.4 Å². The molecule has 2 aliphatic heterocycles. The van der Waals surface area contributed by atoms with Crippen LogP contribution in [-0.2, 0) is 24.4 Å². The smallest absolute Gasteiger partial charge is 0.261 e. The molecule has 0 aromatic heterocycles. The van der Waals surface area contributed by atoms with Crippen LogP contribution in [0.5, 0.6) is 0 Å². The van der Waals surface area contributed by atoms with E-state index >= 15 is 0 Å². The van der Waals surface area contributed by atoms with Crippen LogP contribution in [0.3, 0.4) is 0 Å². The van der Waals surface area contributed by atoms with Crippen molar-refractivity contribution in [3.05, 3.63) is 63.6 Å². The van der Waals surface area contributed by atoms with Gasteiger partial charge in [-0.3, -0.25) is 19.3 Å². The minimum absolute atomic E-state index is 0.0235. The highest BCUT2D eigenvalue weighted by molar-refractivity contribution is 9.10. The van der Waals surface area contributed by atoms with Crippen LogP contribution in [0.1, 0.15) is 11.6 Å². The van der Waals surface area contributed by atoms with Gasteiger partial charge < -0.3 is 0 Å². The second-order valence-corrected chi connectivity index (χ2v) is 10.4. The van der Waals surface area contributed by atoms with Gasteiger partial charge in [0.05, 0.1) is 16.9 Å². The van der Waals surface area contributed by atoms with Gasteiger partial charge in [0.2, 0.25) is 15.9 Å². The molecule has 164 valence electrons. The van der Waals surface area contributed by atoms with Gasteiger partial charge in [-0.15, -0.1) is 0 Å². The van der Waals surface area contributed by atoms with Gasteiger partial charge in [0.1, 0.15) is 0 Å². The van der Waals surface area contributed by atoms with Crippen molar-refractivity contribution in [2.24, 2.45) is 5.92 Å². The zero-order chi connectivity index (χ0) is 22.3. The molecule has 2 saturated heterocycles. The van der Waals surface area contributed by atoms with Gasteiger partial charge in [0, 0.05) is 29.6 Å². The molecule has 0 spiro atoms. The predicted octanol–water partition coefficient (Wildman–Crippen LogP) is 2.35. The number of amides is 2. The van der Waals surface area contributed by atoms with Crippen molar-refractivity contribution < 1.29 is 22.8 Å². The summed E-state index contributed by atoms with van der Waals surface area (Å²) in [4.78, 5) is 32.2. The molecule has 0 saturated carbocycles. The Bertz CT molecular complexity index is 1110. The number of nitrogens with zero attached hydrogens (tertiary/aromatic N) is 2. The molecule has 2 heterocycles. The van der Waals surface area contributed by atoms with E-state index in [1.165, 1.54) is 36.4 Å². The summed E-state index contributed by atoms with van der Waals surface area (Å²) in [5.74, 6) is -1.40. The number of imide groups is 1. The lowest BCUT2D eigenvalue weighted by Gasteiger charge is -2.26. The Morgan fingerprint density at radius 3 is 2.35 bits per heavy atom. The van der Waals surface area contributed by atoms with E-state index in [0.717, 1.165) is 14.9 Å². The molecule has 2 aromatic carbocycles. The fourth-order valence-corrected chi connectivity index (χ4v) is 5.23. The molecule has 0 bridgehead atoms. The molecule has 11 heteroatoms. The summed E-state index contributed by atoms with van der Waals surface area (Å²) >= 11 is 9.20. The Balaban J connectivity index is 1.52. The number of hydrogen-bond donors (Lipinski definition) is 1. The highest BCUT2D eigenvalue weighted by Crippen LogP contribution is 2.44. The minimum Gasteiger partial charge on any atom is -0.284 e. The van der Waals surface area contributed by atoms with Crippen LogP contribution >= 0.6 is 27.5 Å². The number of hydrogen-bond acceptors (Lipinski definition) is 6. The number of carbonyl (C=O) groups excluding carboxylic acids is 2. The molecule has 3 atom stereocenters. The molecule has 2 aromatic rings. The van der Waals surface area contributed by atoms with Crippen LogP contribution in [0.2, 0.25) is 5.02 Å². The molecule has 2 amide bonds. The molecule has 0 aliphatic carbocycles. The fourth-order valence-electron chi connectivity index (χ4n) is 3.82. The monoisotopic (exact) mass is 527 g/mol. The maximum Gasteiger partial charge on any atom is 0.261 e. The van der Waals surface area contributed by atoms with Crippen molar-refractivity contribution in [3.8, 4) is 0 Å². The molecule has 1 unspecified atom stereocenters. The Labute approximate surface area is 193 Å². The lowest BCUT2D eigenvalue weighted by Crippen LogP contribution is -2.38. The highest BCUT2D eigenvalue weighted by Gasteiger charge is 2.58. The number of rotatable bonds is 6. The second-order valence-electron chi connectivity index (χ2n) is 7.28. The number of carbonyl (C=O) groups is 2. The number of nitrogens with one attached hydrogen (secondary N) is 1. The lowest BCUT2D eigenvalue weighted by atomic mass is 9.91. The zero-order valence-corrected chi connectivity index (χ0v) is 19.5. The Hall–Kier alpha value is -1.82. The molecule has 4 rings (SSSR count). The van der Waals surface area contributed by atoms with Gasteiger partial charge in [-0.25, -0.2) is 13.1 Å². The van der Waals surface area contributed by atoms with E-state index in [4.69, 9.17) is 16.4 Å². The first-order valence-electron chi connectivity index (χ1n) is 9.44. The minimum atomic E-state index is -3.74. The SMILES string of the molecule is CN1C(=O)[C@@H]2ON(CCNS(=O)(=O)c3ccc(Cl)cc3)C(c3ccc(Br)cc3)[C@@H]2C1=O. The van der Waals surface area contributed by atoms with Crippen molar-refractivity contribution in [1.29, 1.82) is 0 Å². The second kappa shape index (κ2) is 8.61. The summed E-state index contributed by atoms with van der Waals surface area (Å²) in [7, 11) is -2.30. The van der Waals surface area contributed by atoms with Crippen LogP contribution in [0.15, 0.2) is 57.9 Å². The van der Waals surface area contributed by atoms with E-state index in [9.17, 15) is 18.0 Å². The molecule has 2 aliphatic rings. The van der Waals surface area contributed by atoms with Gasteiger partial charge in [-0.1, -0.05) is 39.7 Å². The van der Waals surface area contributed by atoms with Gasteiger partial charge in [-0.05, 0) is 42.0 Å². The quantitative estimate of drug-likeness (QED) is 0.579. The lowest BCUT2D eigenvalue weighted by molar-refractivity contribution is -0.177. The molecule has 1 N–H and O–H groups in total. The van der Waals surface area contributed by atoms with E-state index in [-0.39, 0.29) is 23.9 Å². The Morgan fingerprint density at radius 1 is 1.06 bits per heavy atom. The number of likely N-dealkylation sites (tertiary alicyclic amines) is 1.